The minimum Gasteiger partial charge on any atom is -0.465 e. The summed E-state index contributed by atoms with van der Waals surface area (Å²) in [6.07, 6.45) is -0.501. The van der Waals surface area contributed by atoms with Crippen molar-refractivity contribution >= 4 is 11.8 Å². The first-order valence-electron chi connectivity index (χ1n) is 5.79. The second-order valence-electron chi connectivity index (χ2n) is 4.81. The summed E-state index contributed by atoms with van der Waals surface area (Å²) < 4.78 is 4.86. The lowest BCUT2D eigenvalue weighted by Crippen LogP contribution is -2.42. The molecule has 1 N–H and O–H groups in total. The van der Waals surface area contributed by atoms with E-state index in [1.807, 2.05) is 0 Å². The van der Waals surface area contributed by atoms with E-state index < -0.39 is 17.5 Å². The van der Waals surface area contributed by atoms with E-state index in [1.165, 1.54) is 0 Å². The molecule has 0 aliphatic heterocycles. The van der Waals surface area contributed by atoms with Crippen LogP contribution in [0, 0.1) is 5.41 Å². The number of aliphatic hydroxyl groups excluding tert-OH is 1. The molecule has 0 aromatic rings. The van der Waals surface area contributed by atoms with Gasteiger partial charge in [-0.1, -0.05) is 0 Å². The highest BCUT2D eigenvalue weighted by Gasteiger charge is 2.37. The predicted molar refractivity (Wildman–Crippen MR) is 64.6 cm³/mol. The largest absolute Gasteiger partial charge is 0.465 e. The van der Waals surface area contributed by atoms with Crippen molar-refractivity contribution in [1.82, 2.24) is 4.90 Å². The van der Waals surface area contributed by atoms with Gasteiger partial charge in [-0.05, 0) is 34.7 Å². The van der Waals surface area contributed by atoms with Gasteiger partial charge in [-0.2, -0.15) is 0 Å². The number of rotatable bonds is 7. The van der Waals surface area contributed by atoms with Gasteiger partial charge in [0.15, 0.2) is 5.78 Å². The van der Waals surface area contributed by atoms with Crippen LogP contribution in [0.15, 0.2) is 0 Å². The molecule has 17 heavy (non-hydrogen) atoms. The zero-order valence-electron chi connectivity index (χ0n) is 11.3. The molecule has 5 nitrogen and oxygen atoms in total. The monoisotopic (exact) mass is 245 g/mol. The van der Waals surface area contributed by atoms with Crippen LogP contribution < -0.4 is 0 Å². The Hall–Kier alpha value is -0.940. The van der Waals surface area contributed by atoms with E-state index in [4.69, 9.17) is 4.74 Å². The number of Topliss-reactive ketones (excluding diaryl/α,β-unsaturated/α-hetero) is 1. The van der Waals surface area contributed by atoms with Gasteiger partial charge >= 0.3 is 5.97 Å². The third kappa shape index (κ3) is 5.28. The summed E-state index contributed by atoms with van der Waals surface area (Å²) in [6.45, 7) is 7.25. The molecular formula is C12H23NO4. The number of ether oxygens (including phenoxy) is 1. The van der Waals surface area contributed by atoms with Gasteiger partial charge in [-0.3, -0.25) is 14.5 Å². The maximum atomic E-state index is 11.9. The van der Waals surface area contributed by atoms with E-state index >= 15 is 0 Å². The van der Waals surface area contributed by atoms with Gasteiger partial charge in [0, 0.05) is 6.54 Å². The predicted octanol–water partition coefficient (Wildman–Crippen LogP) is 0.457. The van der Waals surface area contributed by atoms with Crippen LogP contribution in [0.25, 0.3) is 0 Å². The molecule has 1 unspecified atom stereocenters. The van der Waals surface area contributed by atoms with Crippen LogP contribution in [0.2, 0.25) is 0 Å². The fourth-order valence-corrected chi connectivity index (χ4v) is 1.38. The lowest BCUT2D eigenvalue weighted by atomic mass is 9.88. The molecule has 0 saturated heterocycles. The summed E-state index contributed by atoms with van der Waals surface area (Å²) in [6, 6.07) is 0. The van der Waals surface area contributed by atoms with E-state index in [2.05, 4.69) is 0 Å². The minimum absolute atomic E-state index is 0.122. The van der Waals surface area contributed by atoms with E-state index in [9.17, 15) is 14.7 Å². The zero-order chi connectivity index (χ0) is 13.6. The van der Waals surface area contributed by atoms with Gasteiger partial charge in [0.2, 0.25) is 0 Å². The van der Waals surface area contributed by atoms with Gasteiger partial charge in [-0.15, -0.1) is 0 Å². The van der Waals surface area contributed by atoms with Gasteiger partial charge < -0.3 is 9.84 Å². The molecule has 0 aliphatic carbocycles. The Morgan fingerprint density at radius 2 is 1.94 bits per heavy atom. The molecule has 0 aliphatic rings. The highest BCUT2D eigenvalue weighted by Crippen LogP contribution is 2.19. The molecule has 0 heterocycles. The van der Waals surface area contributed by atoms with Gasteiger partial charge in [0.05, 0.1) is 19.3 Å². The van der Waals surface area contributed by atoms with E-state index in [1.54, 1.807) is 39.6 Å². The maximum absolute atomic E-state index is 11.9. The number of likely N-dealkylation sites (N-methyl/N-ethyl adjacent to an activating group) is 1. The average molecular weight is 245 g/mol. The first-order chi connectivity index (χ1) is 7.71. The van der Waals surface area contributed by atoms with E-state index in [-0.39, 0.29) is 18.9 Å². The first kappa shape index (κ1) is 16.1. The van der Waals surface area contributed by atoms with Crippen LogP contribution in [-0.4, -0.2) is 54.6 Å². The number of esters is 1. The standard InChI is InChI=1S/C12H23NO4/c1-6-17-11(16)12(3,4)10(15)8-13(5)7-9(2)14/h9,14H,6-8H2,1-5H3. The van der Waals surface area contributed by atoms with Crippen LogP contribution in [-0.2, 0) is 14.3 Å². The Morgan fingerprint density at radius 1 is 1.41 bits per heavy atom. The molecule has 5 heteroatoms. The van der Waals surface area contributed by atoms with Crippen molar-refractivity contribution in [1.29, 1.82) is 0 Å². The number of aliphatic hydroxyl groups is 1. The molecule has 0 spiro atoms. The molecule has 0 amide bonds. The summed E-state index contributed by atoms with van der Waals surface area (Å²) in [7, 11) is 1.73. The second kappa shape index (κ2) is 6.71. The van der Waals surface area contributed by atoms with Crippen molar-refractivity contribution in [2.45, 2.75) is 33.8 Å². The Balaban J connectivity index is 4.43. The third-order valence-electron chi connectivity index (χ3n) is 2.47. The average Bonchev–Trinajstić information content (AvgIpc) is 2.16. The molecule has 0 aromatic heterocycles. The molecular weight excluding hydrogens is 222 g/mol. The highest BCUT2D eigenvalue weighted by molar-refractivity contribution is 6.03. The Kier molecular flexibility index (Phi) is 6.34. The van der Waals surface area contributed by atoms with Crippen LogP contribution in [0.5, 0.6) is 0 Å². The molecule has 0 bridgehead atoms. The molecule has 0 aromatic carbocycles. The van der Waals surface area contributed by atoms with Crippen molar-refractivity contribution in [2.24, 2.45) is 5.41 Å². The van der Waals surface area contributed by atoms with Crippen molar-refractivity contribution in [3.05, 3.63) is 0 Å². The SMILES string of the molecule is CCOC(=O)C(C)(C)C(=O)CN(C)CC(C)O. The summed E-state index contributed by atoms with van der Waals surface area (Å²) >= 11 is 0. The van der Waals surface area contributed by atoms with E-state index in [0.29, 0.717) is 6.54 Å². The van der Waals surface area contributed by atoms with Gasteiger partial charge in [0.25, 0.3) is 0 Å². The molecule has 0 rings (SSSR count). The Bertz CT molecular complexity index is 274. The van der Waals surface area contributed by atoms with Crippen molar-refractivity contribution in [3.63, 3.8) is 0 Å². The normalized spacial score (nSPS) is 13.6. The zero-order valence-corrected chi connectivity index (χ0v) is 11.3. The van der Waals surface area contributed by atoms with Crippen molar-refractivity contribution in [2.75, 3.05) is 26.7 Å². The fourth-order valence-electron chi connectivity index (χ4n) is 1.38. The summed E-state index contributed by atoms with van der Waals surface area (Å²) in [5, 5.41) is 9.19. The summed E-state index contributed by atoms with van der Waals surface area (Å²) in [5.41, 5.74) is -1.14. The summed E-state index contributed by atoms with van der Waals surface area (Å²) in [4.78, 5) is 25.2. The lowest BCUT2D eigenvalue weighted by molar-refractivity contribution is -0.158. The third-order valence-corrected chi connectivity index (χ3v) is 2.47. The smallest absolute Gasteiger partial charge is 0.319 e. The topological polar surface area (TPSA) is 66.8 Å². The number of carbonyl (C=O) groups is 2. The lowest BCUT2D eigenvalue weighted by Gasteiger charge is -2.24. The van der Waals surface area contributed by atoms with Crippen LogP contribution in [0.1, 0.15) is 27.7 Å². The minimum atomic E-state index is -1.14. The van der Waals surface area contributed by atoms with Gasteiger partial charge in [0.1, 0.15) is 5.41 Å². The molecule has 0 saturated carbocycles. The number of nitrogens with zero attached hydrogens (tertiary/aromatic N) is 1. The van der Waals surface area contributed by atoms with Crippen LogP contribution in [0.4, 0.5) is 0 Å². The molecule has 0 radical (unpaired) electrons. The van der Waals surface area contributed by atoms with Gasteiger partial charge in [-0.25, -0.2) is 0 Å². The second-order valence-corrected chi connectivity index (χ2v) is 4.81. The van der Waals surface area contributed by atoms with E-state index in [0.717, 1.165) is 0 Å². The molecule has 100 valence electrons. The quantitative estimate of drug-likeness (QED) is 0.521. The number of hydrogen-bond acceptors (Lipinski definition) is 5. The van der Waals surface area contributed by atoms with Crippen molar-refractivity contribution in [3.8, 4) is 0 Å². The number of hydrogen-bond donors (Lipinski definition) is 1. The first-order valence-corrected chi connectivity index (χ1v) is 5.79. The van der Waals surface area contributed by atoms with Crippen LogP contribution in [0.3, 0.4) is 0 Å². The highest BCUT2D eigenvalue weighted by atomic mass is 16.5. The summed E-state index contributed by atoms with van der Waals surface area (Å²) in [5.74, 6) is -0.713. The van der Waals surface area contributed by atoms with Crippen molar-refractivity contribution < 1.29 is 19.4 Å². The Morgan fingerprint density at radius 3 is 2.35 bits per heavy atom. The fraction of sp³-hybridized carbons (Fsp3) is 0.833. The Labute approximate surface area is 103 Å². The molecule has 1 atom stereocenters. The number of carbonyl (C=O) groups excluding carboxylic acids is 2. The maximum Gasteiger partial charge on any atom is 0.319 e. The number of ketones is 1. The molecule has 0 fully saturated rings. The van der Waals surface area contributed by atoms with Crippen LogP contribution >= 0.6 is 0 Å².